The highest BCUT2D eigenvalue weighted by Gasteiger charge is 2.35. The second-order valence-electron chi connectivity index (χ2n) is 8.27. The summed E-state index contributed by atoms with van der Waals surface area (Å²) in [6.45, 7) is 0.582. The molecule has 5 rings (SSSR count). The lowest BCUT2D eigenvalue weighted by molar-refractivity contribution is 0.0642. The van der Waals surface area contributed by atoms with Crippen LogP contribution in [-0.4, -0.2) is 34.2 Å². The molecule has 6 nitrogen and oxygen atoms in total. The number of carbonyl (C=O) groups excluding carboxylic acids is 3. The first-order valence-corrected chi connectivity index (χ1v) is 11.4. The number of rotatable bonds is 7. The minimum atomic E-state index is -0.305. The maximum Gasteiger partial charge on any atom is 0.261 e. The molecule has 0 aliphatic carbocycles. The Morgan fingerprint density at radius 1 is 0.714 bits per heavy atom. The second-order valence-corrected chi connectivity index (χ2v) is 8.27. The molecule has 1 aliphatic heterocycles. The van der Waals surface area contributed by atoms with Gasteiger partial charge in [-0.3, -0.25) is 24.3 Å². The molecular weight excluding hydrogens is 438 g/mol. The number of nitrogens with one attached hydrogen (secondary N) is 1. The van der Waals surface area contributed by atoms with Gasteiger partial charge >= 0.3 is 0 Å². The molecule has 0 radical (unpaired) electrons. The lowest BCUT2D eigenvalue weighted by Crippen LogP contribution is -2.29. The maximum absolute atomic E-state index is 13.1. The highest BCUT2D eigenvalue weighted by atomic mass is 16.2. The minimum Gasteiger partial charge on any atom is -0.352 e. The van der Waals surface area contributed by atoms with E-state index in [2.05, 4.69) is 10.3 Å². The molecule has 0 atom stereocenters. The Bertz CT molecular complexity index is 1380. The highest BCUT2D eigenvalue weighted by molar-refractivity contribution is 6.21. The van der Waals surface area contributed by atoms with Gasteiger partial charge in [0, 0.05) is 30.4 Å². The molecule has 6 heteroatoms. The molecule has 1 aromatic heterocycles. The van der Waals surface area contributed by atoms with Crippen molar-refractivity contribution in [1.82, 2.24) is 15.2 Å². The van der Waals surface area contributed by atoms with Crippen LogP contribution in [-0.2, 0) is 13.0 Å². The molecule has 35 heavy (non-hydrogen) atoms. The monoisotopic (exact) mass is 461 g/mol. The van der Waals surface area contributed by atoms with Crippen molar-refractivity contribution in [2.75, 3.05) is 6.54 Å². The summed E-state index contributed by atoms with van der Waals surface area (Å²) >= 11 is 0. The van der Waals surface area contributed by atoms with Crippen LogP contribution in [0.15, 0.2) is 97.2 Å². The Morgan fingerprint density at radius 3 is 2.00 bits per heavy atom. The SMILES string of the molecule is O=C(NCCc1ccccn1)c1ccccc1-c1ccccc1CN1C(=O)c2ccccc2C1=O. The van der Waals surface area contributed by atoms with Crippen molar-refractivity contribution >= 4 is 17.7 Å². The molecule has 0 fully saturated rings. The van der Waals surface area contributed by atoms with E-state index in [1.807, 2.05) is 60.7 Å². The normalized spacial score (nSPS) is 12.5. The van der Waals surface area contributed by atoms with Gasteiger partial charge in [-0.1, -0.05) is 60.7 Å². The Labute approximate surface area is 203 Å². The van der Waals surface area contributed by atoms with Crippen LogP contribution in [0.2, 0.25) is 0 Å². The van der Waals surface area contributed by atoms with Crippen LogP contribution >= 0.6 is 0 Å². The van der Waals surface area contributed by atoms with Crippen LogP contribution in [0, 0.1) is 0 Å². The molecule has 0 saturated carbocycles. The number of hydrogen-bond acceptors (Lipinski definition) is 4. The van der Waals surface area contributed by atoms with Gasteiger partial charge in [-0.15, -0.1) is 0 Å². The molecule has 1 aliphatic rings. The molecular formula is C29H23N3O3. The fourth-order valence-electron chi connectivity index (χ4n) is 4.34. The highest BCUT2D eigenvalue weighted by Crippen LogP contribution is 2.31. The average molecular weight is 462 g/mol. The first-order chi connectivity index (χ1) is 17.1. The van der Waals surface area contributed by atoms with Gasteiger partial charge < -0.3 is 5.32 Å². The van der Waals surface area contributed by atoms with E-state index in [9.17, 15) is 14.4 Å². The standard InChI is InChI=1S/C29H23N3O3/c33-27(31-18-16-21-10-7-8-17-30-21)24-13-4-3-12-23(24)22-11-2-1-9-20(22)19-32-28(34)25-14-5-6-15-26(25)29(32)35/h1-15,17H,16,18-19H2,(H,31,33). The number of pyridine rings is 1. The van der Waals surface area contributed by atoms with Crippen LogP contribution in [0.25, 0.3) is 11.1 Å². The van der Waals surface area contributed by atoms with Crippen molar-refractivity contribution in [1.29, 1.82) is 0 Å². The van der Waals surface area contributed by atoms with Crippen LogP contribution in [0.4, 0.5) is 0 Å². The third kappa shape index (κ3) is 4.46. The molecule has 0 saturated heterocycles. The van der Waals surface area contributed by atoms with E-state index in [0.29, 0.717) is 29.7 Å². The number of hydrogen-bond donors (Lipinski definition) is 1. The van der Waals surface area contributed by atoms with Crippen molar-refractivity contribution in [3.05, 3.63) is 125 Å². The van der Waals surface area contributed by atoms with E-state index in [1.165, 1.54) is 4.90 Å². The quantitative estimate of drug-likeness (QED) is 0.411. The smallest absolute Gasteiger partial charge is 0.261 e. The summed E-state index contributed by atoms with van der Waals surface area (Å²) < 4.78 is 0. The van der Waals surface area contributed by atoms with Crippen molar-refractivity contribution in [2.45, 2.75) is 13.0 Å². The van der Waals surface area contributed by atoms with Crippen molar-refractivity contribution in [3.8, 4) is 11.1 Å². The molecule has 2 heterocycles. The fourth-order valence-corrected chi connectivity index (χ4v) is 4.34. The predicted molar refractivity (Wildman–Crippen MR) is 133 cm³/mol. The van der Waals surface area contributed by atoms with Gasteiger partial charge in [-0.05, 0) is 47.0 Å². The van der Waals surface area contributed by atoms with Gasteiger partial charge in [-0.2, -0.15) is 0 Å². The topological polar surface area (TPSA) is 79.4 Å². The molecule has 0 bridgehead atoms. The van der Waals surface area contributed by atoms with Gasteiger partial charge in [0.25, 0.3) is 17.7 Å². The van der Waals surface area contributed by atoms with E-state index in [1.54, 1.807) is 36.5 Å². The van der Waals surface area contributed by atoms with Crippen LogP contribution in [0.1, 0.15) is 42.3 Å². The zero-order chi connectivity index (χ0) is 24.2. The van der Waals surface area contributed by atoms with E-state index in [-0.39, 0.29) is 24.3 Å². The summed E-state index contributed by atoms with van der Waals surface area (Å²) in [6.07, 6.45) is 2.36. The lowest BCUT2D eigenvalue weighted by atomic mass is 9.94. The fraction of sp³-hybridized carbons (Fsp3) is 0.103. The number of aromatic nitrogens is 1. The van der Waals surface area contributed by atoms with Gasteiger partial charge in [0.2, 0.25) is 0 Å². The molecule has 3 aromatic carbocycles. The molecule has 3 amide bonds. The molecule has 0 spiro atoms. The lowest BCUT2D eigenvalue weighted by Gasteiger charge is -2.18. The number of nitrogens with zero attached hydrogens (tertiary/aromatic N) is 2. The van der Waals surface area contributed by atoms with Crippen molar-refractivity contribution in [3.63, 3.8) is 0 Å². The third-order valence-electron chi connectivity index (χ3n) is 6.08. The summed E-state index contributed by atoms with van der Waals surface area (Å²) in [4.78, 5) is 44.5. The zero-order valence-electron chi connectivity index (χ0n) is 19.0. The Kier molecular flexibility index (Phi) is 6.18. The summed E-state index contributed by atoms with van der Waals surface area (Å²) in [7, 11) is 0. The Morgan fingerprint density at radius 2 is 1.31 bits per heavy atom. The number of fused-ring (bicyclic) bond motifs is 1. The molecule has 1 N–H and O–H groups in total. The van der Waals surface area contributed by atoms with Crippen LogP contribution in [0.5, 0.6) is 0 Å². The summed E-state index contributed by atoms with van der Waals surface area (Å²) in [6, 6.07) is 27.5. The van der Waals surface area contributed by atoms with E-state index in [4.69, 9.17) is 0 Å². The summed E-state index contributed by atoms with van der Waals surface area (Å²) in [5, 5.41) is 2.98. The minimum absolute atomic E-state index is 0.123. The van der Waals surface area contributed by atoms with Gasteiger partial charge in [0.1, 0.15) is 0 Å². The average Bonchev–Trinajstić information content (AvgIpc) is 3.14. The first-order valence-electron chi connectivity index (χ1n) is 11.4. The Balaban J connectivity index is 1.39. The number of carbonyl (C=O) groups is 3. The summed E-state index contributed by atoms with van der Waals surface area (Å²) in [5.74, 6) is -0.797. The second kappa shape index (κ2) is 9.73. The van der Waals surface area contributed by atoms with E-state index < -0.39 is 0 Å². The van der Waals surface area contributed by atoms with Gasteiger partial charge in [-0.25, -0.2) is 0 Å². The number of amides is 3. The van der Waals surface area contributed by atoms with Crippen LogP contribution < -0.4 is 5.32 Å². The van der Waals surface area contributed by atoms with Crippen molar-refractivity contribution < 1.29 is 14.4 Å². The summed E-state index contributed by atoms with van der Waals surface area (Å²) in [5.41, 5.74) is 4.62. The van der Waals surface area contributed by atoms with E-state index in [0.717, 1.165) is 22.4 Å². The predicted octanol–water partition coefficient (Wildman–Crippen LogP) is 4.52. The number of imide groups is 1. The molecule has 4 aromatic rings. The van der Waals surface area contributed by atoms with Crippen LogP contribution in [0.3, 0.4) is 0 Å². The maximum atomic E-state index is 13.1. The largest absolute Gasteiger partial charge is 0.352 e. The molecule has 0 unspecified atom stereocenters. The van der Waals surface area contributed by atoms with Gasteiger partial charge in [0.15, 0.2) is 0 Å². The molecule has 172 valence electrons. The van der Waals surface area contributed by atoms with Gasteiger partial charge in [0.05, 0.1) is 17.7 Å². The zero-order valence-corrected chi connectivity index (χ0v) is 19.0. The number of benzene rings is 3. The van der Waals surface area contributed by atoms with E-state index >= 15 is 0 Å². The van der Waals surface area contributed by atoms with Crippen molar-refractivity contribution in [2.24, 2.45) is 0 Å². The third-order valence-corrected chi connectivity index (χ3v) is 6.08. The first kappa shape index (κ1) is 22.2. The Hall–Kier alpha value is -4.58.